The number of rotatable bonds is 8. The molecule has 0 spiro atoms. The topological polar surface area (TPSA) is 44.8 Å². The lowest BCUT2D eigenvalue weighted by molar-refractivity contribution is -0.153. The standard InChI is InChI=1S/C10H22O4Si/c1-5-14-10(11)8-13-9-12-6-7-15(2,3)4/h5-9H2,1-4H3. The van der Waals surface area contributed by atoms with Gasteiger partial charge in [-0.15, -0.1) is 0 Å². The lowest BCUT2D eigenvalue weighted by atomic mass is 10.7. The molecule has 0 heterocycles. The molecule has 0 fully saturated rings. The van der Waals surface area contributed by atoms with Crippen molar-refractivity contribution in [3.8, 4) is 0 Å². The van der Waals surface area contributed by atoms with Gasteiger partial charge in [-0.05, 0) is 13.0 Å². The maximum atomic E-state index is 10.8. The van der Waals surface area contributed by atoms with Crippen LogP contribution in [0.2, 0.25) is 25.7 Å². The van der Waals surface area contributed by atoms with Gasteiger partial charge in [-0.3, -0.25) is 0 Å². The summed E-state index contributed by atoms with van der Waals surface area (Å²) in [5.41, 5.74) is 0. The van der Waals surface area contributed by atoms with Crippen LogP contribution in [0.15, 0.2) is 0 Å². The van der Waals surface area contributed by atoms with Crippen LogP contribution in [-0.4, -0.2) is 40.7 Å². The molecule has 0 radical (unpaired) electrons. The van der Waals surface area contributed by atoms with E-state index in [-0.39, 0.29) is 19.4 Å². The Balaban J connectivity index is 3.22. The van der Waals surface area contributed by atoms with Crippen LogP contribution in [0.25, 0.3) is 0 Å². The average molecular weight is 234 g/mol. The summed E-state index contributed by atoms with van der Waals surface area (Å²) in [7, 11) is -1.02. The van der Waals surface area contributed by atoms with Gasteiger partial charge in [0.2, 0.25) is 0 Å². The molecule has 4 nitrogen and oxygen atoms in total. The lowest BCUT2D eigenvalue weighted by Crippen LogP contribution is -2.22. The summed E-state index contributed by atoms with van der Waals surface area (Å²) in [5, 5.41) is 0. The molecule has 0 saturated heterocycles. The number of carbonyl (C=O) groups is 1. The molecule has 0 amide bonds. The Kier molecular flexibility index (Phi) is 7.64. The van der Waals surface area contributed by atoms with Crippen molar-refractivity contribution < 1.29 is 19.0 Å². The second kappa shape index (κ2) is 7.84. The monoisotopic (exact) mass is 234 g/mol. The van der Waals surface area contributed by atoms with Crippen molar-refractivity contribution in [1.29, 1.82) is 0 Å². The van der Waals surface area contributed by atoms with E-state index in [4.69, 9.17) is 14.2 Å². The Hall–Kier alpha value is -0.393. The van der Waals surface area contributed by atoms with Crippen molar-refractivity contribution in [3.63, 3.8) is 0 Å². The highest BCUT2D eigenvalue weighted by Crippen LogP contribution is 2.07. The Morgan fingerprint density at radius 3 is 2.40 bits per heavy atom. The molecule has 0 rings (SSSR count). The summed E-state index contributed by atoms with van der Waals surface area (Å²) in [4.78, 5) is 10.8. The highest BCUT2D eigenvalue weighted by Gasteiger charge is 2.11. The molecule has 5 heteroatoms. The zero-order valence-electron chi connectivity index (χ0n) is 10.2. The van der Waals surface area contributed by atoms with Gasteiger partial charge in [0.25, 0.3) is 0 Å². The normalized spacial score (nSPS) is 11.5. The van der Waals surface area contributed by atoms with E-state index in [2.05, 4.69) is 19.6 Å². The van der Waals surface area contributed by atoms with Crippen LogP contribution in [0, 0.1) is 0 Å². The third kappa shape index (κ3) is 11.5. The van der Waals surface area contributed by atoms with Crippen LogP contribution < -0.4 is 0 Å². The smallest absolute Gasteiger partial charge is 0.332 e. The van der Waals surface area contributed by atoms with Gasteiger partial charge in [0.1, 0.15) is 13.4 Å². The number of carbonyl (C=O) groups excluding carboxylic acids is 1. The SMILES string of the molecule is CCOC(=O)COCOCC[Si](C)(C)C. The first-order valence-electron chi connectivity index (χ1n) is 5.27. The molecule has 0 aliphatic heterocycles. The fourth-order valence-electron chi connectivity index (χ4n) is 0.824. The minimum atomic E-state index is -1.02. The minimum absolute atomic E-state index is 0.0270. The van der Waals surface area contributed by atoms with Gasteiger partial charge in [0.05, 0.1) is 6.61 Å². The molecular weight excluding hydrogens is 212 g/mol. The van der Waals surface area contributed by atoms with Gasteiger partial charge in [-0.25, -0.2) is 4.79 Å². The molecule has 0 N–H and O–H groups in total. The van der Waals surface area contributed by atoms with Gasteiger partial charge in [0, 0.05) is 14.7 Å². The van der Waals surface area contributed by atoms with Gasteiger partial charge in [0.15, 0.2) is 0 Å². The van der Waals surface area contributed by atoms with Crippen LogP contribution in [-0.2, 0) is 19.0 Å². The van der Waals surface area contributed by atoms with Crippen LogP contribution in [0.1, 0.15) is 6.92 Å². The highest BCUT2D eigenvalue weighted by atomic mass is 28.3. The lowest BCUT2D eigenvalue weighted by Gasteiger charge is -2.15. The van der Waals surface area contributed by atoms with E-state index in [0.29, 0.717) is 13.2 Å². The summed E-state index contributed by atoms with van der Waals surface area (Å²) < 4.78 is 14.9. The van der Waals surface area contributed by atoms with E-state index >= 15 is 0 Å². The van der Waals surface area contributed by atoms with Gasteiger partial charge < -0.3 is 14.2 Å². The molecule has 0 atom stereocenters. The van der Waals surface area contributed by atoms with E-state index in [1.807, 2.05) is 0 Å². The van der Waals surface area contributed by atoms with Gasteiger partial charge in [-0.1, -0.05) is 19.6 Å². The molecule has 0 aromatic rings. The molecule has 0 saturated carbocycles. The first kappa shape index (κ1) is 14.6. The van der Waals surface area contributed by atoms with Crippen LogP contribution in [0.4, 0.5) is 0 Å². The van der Waals surface area contributed by atoms with Crippen LogP contribution >= 0.6 is 0 Å². The highest BCUT2D eigenvalue weighted by molar-refractivity contribution is 6.76. The second-order valence-electron chi connectivity index (χ2n) is 4.49. The number of esters is 1. The van der Waals surface area contributed by atoms with Gasteiger partial charge >= 0.3 is 5.97 Å². The predicted octanol–water partition coefficient (Wildman–Crippen LogP) is 1.88. The largest absolute Gasteiger partial charge is 0.464 e. The average Bonchev–Trinajstić information content (AvgIpc) is 2.09. The second-order valence-corrected chi connectivity index (χ2v) is 10.1. The van der Waals surface area contributed by atoms with Gasteiger partial charge in [-0.2, -0.15) is 0 Å². The Labute approximate surface area is 92.9 Å². The number of hydrogen-bond acceptors (Lipinski definition) is 4. The molecule has 0 aliphatic carbocycles. The first-order valence-corrected chi connectivity index (χ1v) is 8.97. The summed E-state index contributed by atoms with van der Waals surface area (Å²) in [6, 6.07) is 1.11. The maximum absolute atomic E-state index is 10.8. The van der Waals surface area contributed by atoms with Crippen LogP contribution in [0.5, 0.6) is 0 Å². The molecule has 0 aromatic carbocycles. The molecule has 15 heavy (non-hydrogen) atoms. The maximum Gasteiger partial charge on any atom is 0.332 e. The summed E-state index contributed by atoms with van der Waals surface area (Å²) >= 11 is 0. The van der Waals surface area contributed by atoms with Crippen molar-refractivity contribution in [2.24, 2.45) is 0 Å². The molecule has 0 unspecified atom stereocenters. The number of ether oxygens (including phenoxy) is 3. The van der Waals surface area contributed by atoms with Crippen LogP contribution in [0.3, 0.4) is 0 Å². The first-order chi connectivity index (χ1) is 6.95. The van der Waals surface area contributed by atoms with E-state index in [1.54, 1.807) is 6.92 Å². The van der Waals surface area contributed by atoms with E-state index in [0.717, 1.165) is 6.04 Å². The molecule has 90 valence electrons. The zero-order chi connectivity index (χ0) is 11.7. The quantitative estimate of drug-likeness (QED) is 0.278. The Morgan fingerprint density at radius 2 is 1.87 bits per heavy atom. The van der Waals surface area contributed by atoms with Crippen molar-refractivity contribution >= 4 is 14.0 Å². The van der Waals surface area contributed by atoms with E-state index in [9.17, 15) is 4.79 Å². The predicted molar refractivity (Wildman–Crippen MR) is 61.6 cm³/mol. The summed E-state index contributed by atoms with van der Waals surface area (Å²) in [6.07, 6.45) is 0. The van der Waals surface area contributed by atoms with Crippen molar-refractivity contribution in [1.82, 2.24) is 0 Å². The fourth-order valence-corrected chi connectivity index (χ4v) is 1.58. The summed E-state index contributed by atoms with van der Waals surface area (Å²) in [5.74, 6) is -0.341. The zero-order valence-corrected chi connectivity index (χ0v) is 11.2. The van der Waals surface area contributed by atoms with Crippen molar-refractivity contribution in [2.45, 2.75) is 32.6 Å². The van der Waals surface area contributed by atoms with Crippen molar-refractivity contribution in [3.05, 3.63) is 0 Å². The minimum Gasteiger partial charge on any atom is -0.464 e. The third-order valence-corrected chi connectivity index (χ3v) is 3.39. The Morgan fingerprint density at radius 1 is 1.20 bits per heavy atom. The fraction of sp³-hybridized carbons (Fsp3) is 0.900. The van der Waals surface area contributed by atoms with E-state index in [1.165, 1.54) is 0 Å². The molecular formula is C10H22O4Si. The van der Waals surface area contributed by atoms with E-state index < -0.39 is 8.07 Å². The Bertz CT molecular complexity index is 177. The van der Waals surface area contributed by atoms with Crippen molar-refractivity contribution in [2.75, 3.05) is 26.6 Å². The number of hydrogen-bond donors (Lipinski definition) is 0. The third-order valence-electron chi connectivity index (χ3n) is 1.69. The molecule has 0 bridgehead atoms. The molecule has 0 aliphatic rings. The summed E-state index contributed by atoms with van der Waals surface area (Å²) in [6.45, 7) is 9.87. The molecule has 0 aromatic heterocycles.